The summed E-state index contributed by atoms with van der Waals surface area (Å²) in [5.74, 6) is 3.48. The second-order valence-electron chi connectivity index (χ2n) is 6.99. The zero-order valence-electron chi connectivity index (χ0n) is 16.5. The molecule has 28 heavy (non-hydrogen) atoms. The molecule has 0 aromatic heterocycles. The van der Waals surface area contributed by atoms with Gasteiger partial charge in [-0.3, -0.25) is 4.79 Å². The second-order valence-corrected chi connectivity index (χ2v) is 8.14. The van der Waals surface area contributed by atoms with Crippen molar-refractivity contribution in [2.24, 2.45) is 0 Å². The van der Waals surface area contributed by atoms with E-state index in [1.54, 1.807) is 19.3 Å². The van der Waals surface area contributed by atoms with Crippen LogP contribution in [-0.4, -0.2) is 61.3 Å². The highest BCUT2D eigenvalue weighted by atomic mass is 32.2. The highest BCUT2D eigenvalue weighted by Gasteiger charge is 2.29. The van der Waals surface area contributed by atoms with Crippen molar-refractivity contribution in [3.8, 4) is 11.5 Å². The van der Waals surface area contributed by atoms with Crippen LogP contribution < -0.4 is 9.47 Å². The number of amides is 1. The van der Waals surface area contributed by atoms with Gasteiger partial charge in [0.2, 0.25) is 5.91 Å². The predicted molar refractivity (Wildman–Crippen MR) is 114 cm³/mol. The van der Waals surface area contributed by atoms with Gasteiger partial charge in [0.1, 0.15) is 6.61 Å². The van der Waals surface area contributed by atoms with E-state index in [4.69, 9.17) is 14.2 Å². The number of nitrogens with zero attached hydrogens (tertiary/aromatic N) is 1. The van der Waals surface area contributed by atoms with E-state index >= 15 is 0 Å². The minimum atomic E-state index is 0.0500. The zero-order chi connectivity index (χ0) is 19.8. The van der Waals surface area contributed by atoms with Gasteiger partial charge >= 0.3 is 0 Å². The summed E-state index contributed by atoms with van der Waals surface area (Å²) < 4.78 is 16.7. The van der Waals surface area contributed by atoms with E-state index in [1.807, 2.05) is 40.9 Å². The van der Waals surface area contributed by atoms with Crippen LogP contribution in [0.1, 0.15) is 24.8 Å². The van der Waals surface area contributed by atoms with Gasteiger partial charge in [-0.1, -0.05) is 18.7 Å². The van der Waals surface area contributed by atoms with Gasteiger partial charge in [-0.25, -0.2) is 0 Å². The lowest BCUT2D eigenvalue weighted by molar-refractivity contribution is -0.129. The first kappa shape index (κ1) is 20.8. The minimum Gasteiger partial charge on any atom is -0.493 e. The normalized spacial score (nSPS) is 21.8. The average molecular weight is 404 g/mol. The second kappa shape index (κ2) is 10.6. The molecular formula is C22H29NO4S. The van der Waals surface area contributed by atoms with Crippen LogP contribution >= 0.6 is 11.8 Å². The Morgan fingerprint density at radius 3 is 2.96 bits per heavy atom. The highest BCUT2D eigenvalue weighted by Crippen LogP contribution is 2.29. The number of benzene rings is 1. The van der Waals surface area contributed by atoms with Crippen LogP contribution in [0.2, 0.25) is 0 Å². The molecule has 6 heteroatoms. The van der Waals surface area contributed by atoms with Crippen molar-refractivity contribution < 1.29 is 19.0 Å². The molecule has 2 aliphatic rings. The fourth-order valence-electron chi connectivity index (χ4n) is 3.51. The summed E-state index contributed by atoms with van der Waals surface area (Å²) in [4.78, 5) is 15.0. The molecule has 2 atom stereocenters. The number of rotatable bonds is 9. The fourth-order valence-corrected chi connectivity index (χ4v) is 4.74. The molecule has 2 unspecified atom stereocenters. The molecular weight excluding hydrogens is 374 g/mol. The van der Waals surface area contributed by atoms with Gasteiger partial charge in [-0.15, -0.1) is 0 Å². The molecule has 3 rings (SSSR count). The molecule has 5 nitrogen and oxygen atoms in total. The van der Waals surface area contributed by atoms with Gasteiger partial charge in [0, 0.05) is 31.0 Å². The van der Waals surface area contributed by atoms with Gasteiger partial charge in [0.25, 0.3) is 0 Å². The van der Waals surface area contributed by atoms with Crippen molar-refractivity contribution in [2.75, 3.05) is 38.4 Å². The first-order chi connectivity index (χ1) is 13.7. The molecule has 0 saturated carbocycles. The molecule has 152 valence electrons. The fraction of sp³-hybridized carbons (Fsp3) is 0.500. The third-order valence-corrected chi connectivity index (χ3v) is 6.16. The standard InChI is InChI=1S/C22H29NO4S/c1-3-11-27-20-8-6-17(14-21(20)25-2)7-9-22(24)23(18-10-13-28-16-18)15-19-5-4-12-26-19/h3,6-9,14,18-19H,1,4-5,10-13,15-16H2,2H3/b9-7+. The monoisotopic (exact) mass is 403 g/mol. The summed E-state index contributed by atoms with van der Waals surface area (Å²) in [7, 11) is 1.61. The van der Waals surface area contributed by atoms with Gasteiger partial charge in [-0.05, 0) is 48.8 Å². The lowest BCUT2D eigenvalue weighted by atomic mass is 10.1. The smallest absolute Gasteiger partial charge is 0.246 e. The summed E-state index contributed by atoms with van der Waals surface area (Å²) in [5.41, 5.74) is 0.897. The van der Waals surface area contributed by atoms with Crippen LogP contribution in [0.3, 0.4) is 0 Å². The third kappa shape index (κ3) is 5.55. The molecule has 1 amide bonds. The van der Waals surface area contributed by atoms with E-state index in [2.05, 4.69) is 6.58 Å². The molecule has 0 radical (unpaired) electrons. The molecule has 0 N–H and O–H groups in total. The Bertz CT molecular complexity index is 694. The molecule has 0 bridgehead atoms. The summed E-state index contributed by atoms with van der Waals surface area (Å²) in [5, 5.41) is 0. The maximum atomic E-state index is 13.0. The van der Waals surface area contributed by atoms with E-state index in [9.17, 15) is 4.79 Å². The van der Waals surface area contributed by atoms with E-state index in [-0.39, 0.29) is 12.0 Å². The summed E-state index contributed by atoms with van der Waals surface area (Å²) in [6.45, 7) is 5.57. The van der Waals surface area contributed by atoms with Crippen molar-refractivity contribution in [3.05, 3.63) is 42.5 Å². The number of methoxy groups -OCH3 is 1. The number of thioether (sulfide) groups is 1. The molecule has 0 spiro atoms. The minimum absolute atomic E-state index is 0.0500. The van der Waals surface area contributed by atoms with Gasteiger partial charge in [-0.2, -0.15) is 11.8 Å². The maximum absolute atomic E-state index is 13.0. The number of hydrogen-bond acceptors (Lipinski definition) is 5. The van der Waals surface area contributed by atoms with E-state index in [0.29, 0.717) is 30.7 Å². The number of carbonyl (C=O) groups excluding carboxylic acids is 1. The lowest BCUT2D eigenvalue weighted by Gasteiger charge is -2.29. The third-order valence-electron chi connectivity index (χ3n) is 5.02. The molecule has 1 aromatic carbocycles. The van der Waals surface area contributed by atoms with Gasteiger partial charge in [0.05, 0.1) is 13.2 Å². The van der Waals surface area contributed by atoms with Crippen LogP contribution in [0.4, 0.5) is 0 Å². The molecule has 2 heterocycles. The maximum Gasteiger partial charge on any atom is 0.246 e. The van der Waals surface area contributed by atoms with Gasteiger partial charge < -0.3 is 19.1 Å². The number of carbonyl (C=O) groups is 1. The van der Waals surface area contributed by atoms with Crippen molar-refractivity contribution >= 4 is 23.7 Å². The van der Waals surface area contributed by atoms with Crippen LogP contribution in [0.5, 0.6) is 11.5 Å². The van der Waals surface area contributed by atoms with Crippen LogP contribution in [0.15, 0.2) is 36.9 Å². The summed E-state index contributed by atoms with van der Waals surface area (Å²) >= 11 is 1.92. The van der Waals surface area contributed by atoms with Crippen molar-refractivity contribution in [1.29, 1.82) is 0 Å². The van der Waals surface area contributed by atoms with E-state index < -0.39 is 0 Å². The molecule has 2 saturated heterocycles. The van der Waals surface area contributed by atoms with Crippen LogP contribution in [-0.2, 0) is 9.53 Å². The Balaban J connectivity index is 1.69. The first-order valence-electron chi connectivity index (χ1n) is 9.81. The number of ether oxygens (including phenoxy) is 3. The van der Waals surface area contributed by atoms with Crippen LogP contribution in [0, 0.1) is 0 Å². The van der Waals surface area contributed by atoms with E-state index in [0.717, 1.165) is 42.9 Å². The molecule has 1 aromatic rings. The highest BCUT2D eigenvalue weighted by molar-refractivity contribution is 7.99. The predicted octanol–water partition coefficient (Wildman–Crippen LogP) is 3.79. The van der Waals surface area contributed by atoms with Crippen molar-refractivity contribution in [2.45, 2.75) is 31.4 Å². The topological polar surface area (TPSA) is 48.0 Å². The Morgan fingerprint density at radius 1 is 1.39 bits per heavy atom. The number of hydrogen-bond donors (Lipinski definition) is 0. The van der Waals surface area contributed by atoms with Crippen molar-refractivity contribution in [1.82, 2.24) is 4.90 Å². The SMILES string of the molecule is C=CCOc1ccc(/C=C/C(=O)N(CC2CCCO2)C2CCSC2)cc1OC. The molecule has 2 fully saturated rings. The van der Waals surface area contributed by atoms with E-state index in [1.165, 1.54) is 0 Å². The molecule has 0 aliphatic carbocycles. The Labute approximate surface area is 171 Å². The lowest BCUT2D eigenvalue weighted by Crippen LogP contribution is -2.43. The molecule has 2 aliphatic heterocycles. The zero-order valence-corrected chi connectivity index (χ0v) is 17.3. The van der Waals surface area contributed by atoms with Crippen molar-refractivity contribution in [3.63, 3.8) is 0 Å². The summed E-state index contributed by atoms with van der Waals surface area (Å²) in [6.07, 6.45) is 8.54. The van der Waals surface area contributed by atoms with Gasteiger partial charge in [0.15, 0.2) is 11.5 Å². The Hall–Kier alpha value is -1.92. The van der Waals surface area contributed by atoms with Crippen LogP contribution in [0.25, 0.3) is 6.08 Å². The largest absolute Gasteiger partial charge is 0.493 e. The first-order valence-corrected chi connectivity index (χ1v) is 11.0. The summed E-state index contributed by atoms with van der Waals surface area (Å²) in [6, 6.07) is 5.94. The Morgan fingerprint density at radius 2 is 2.29 bits per heavy atom. The average Bonchev–Trinajstić information content (AvgIpc) is 3.42. The Kier molecular flexibility index (Phi) is 7.86. The quantitative estimate of drug-likeness (QED) is 0.464.